The molecule has 0 bridgehead atoms. The Morgan fingerprint density at radius 1 is 1.42 bits per heavy atom. The second kappa shape index (κ2) is 4.70. The lowest BCUT2D eigenvalue weighted by Crippen LogP contribution is -2.27. The Hall–Kier alpha value is -1.81. The van der Waals surface area contributed by atoms with Gasteiger partial charge < -0.3 is 15.0 Å². The molecule has 0 saturated heterocycles. The van der Waals surface area contributed by atoms with E-state index in [1.807, 2.05) is 19.2 Å². The normalized spacial score (nSPS) is 11.8. The summed E-state index contributed by atoms with van der Waals surface area (Å²) in [5, 5.41) is 1.06. The second-order valence-electron chi connectivity index (χ2n) is 5.47. The van der Waals surface area contributed by atoms with Gasteiger partial charge in [0.1, 0.15) is 0 Å². The van der Waals surface area contributed by atoms with Crippen LogP contribution in [0.3, 0.4) is 0 Å². The molecule has 0 aliphatic heterocycles. The highest BCUT2D eigenvalue weighted by molar-refractivity contribution is 5.96. The van der Waals surface area contributed by atoms with Crippen LogP contribution in [0.5, 0.6) is 0 Å². The Bertz CT molecular complexity index is 626. The molecule has 1 heterocycles. The number of hydrogen-bond acceptors (Lipinski definition) is 3. The maximum atomic E-state index is 11.6. The molecule has 1 aromatic heterocycles. The van der Waals surface area contributed by atoms with Crippen LogP contribution in [0.25, 0.3) is 10.9 Å². The second-order valence-corrected chi connectivity index (χ2v) is 5.47. The first-order valence-electron chi connectivity index (χ1n) is 6.28. The van der Waals surface area contributed by atoms with E-state index in [0.717, 1.165) is 16.5 Å². The Morgan fingerprint density at radius 2 is 2.11 bits per heavy atom. The molecule has 102 valence electrons. The molecular weight excluding hydrogens is 240 g/mol. The molecule has 19 heavy (non-hydrogen) atoms. The van der Waals surface area contributed by atoms with Gasteiger partial charge in [0, 0.05) is 36.1 Å². The van der Waals surface area contributed by atoms with E-state index in [4.69, 9.17) is 10.5 Å². The largest absolute Gasteiger partial charge is 0.465 e. The highest BCUT2D eigenvalue weighted by Crippen LogP contribution is 2.31. The van der Waals surface area contributed by atoms with Gasteiger partial charge >= 0.3 is 5.97 Å². The number of nitrogens with two attached hydrogens (primary N) is 1. The average Bonchev–Trinajstić information content (AvgIpc) is 2.75. The highest BCUT2D eigenvalue weighted by Gasteiger charge is 2.23. The predicted octanol–water partition coefficient (Wildman–Crippen LogP) is 2.20. The van der Waals surface area contributed by atoms with E-state index >= 15 is 0 Å². The number of aromatic nitrogens is 1. The minimum atomic E-state index is -0.317. The van der Waals surface area contributed by atoms with E-state index in [1.54, 1.807) is 6.07 Å². The number of carbonyl (C=O) groups excluding carboxylic acids is 1. The number of rotatable bonds is 3. The molecule has 0 fully saturated rings. The van der Waals surface area contributed by atoms with Crippen molar-refractivity contribution >= 4 is 16.9 Å². The fourth-order valence-electron chi connectivity index (χ4n) is 2.29. The molecule has 0 saturated carbocycles. The molecule has 0 radical (unpaired) electrons. The van der Waals surface area contributed by atoms with E-state index in [9.17, 15) is 4.79 Å². The van der Waals surface area contributed by atoms with Crippen LogP contribution in [0.1, 0.15) is 29.8 Å². The van der Waals surface area contributed by atoms with Gasteiger partial charge in [-0.3, -0.25) is 0 Å². The molecule has 1 aromatic carbocycles. The van der Waals surface area contributed by atoms with Crippen LogP contribution in [-0.2, 0) is 17.2 Å². The number of esters is 1. The van der Waals surface area contributed by atoms with Crippen LogP contribution in [0.4, 0.5) is 0 Å². The fraction of sp³-hybridized carbons (Fsp3) is 0.400. The summed E-state index contributed by atoms with van der Waals surface area (Å²) in [5.74, 6) is -0.317. The number of carbonyl (C=O) groups is 1. The van der Waals surface area contributed by atoms with E-state index in [1.165, 1.54) is 7.11 Å². The predicted molar refractivity (Wildman–Crippen MR) is 76.3 cm³/mol. The van der Waals surface area contributed by atoms with Gasteiger partial charge in [0.2, 0.25) is 0 Å². The fourth-order valence-corrected chi connectivity index (χ4v) is 2.29. The lowest BCUT2D eigenvalue weighted by Gasteiger charge is -2.22. The Morgan fingerprint density at radius 3 is 2.68 bits per heavy atom. The lowest BCUT2D eigenvalue weighted by atomic mass is 9.84. The summed E-state index contributed by atoms with van der Waals surface area (Å²) >= 11 is 0. The number of benzene rings is 1. The molecule has 4 heteroatoms. The minimum absolute atomic E-state index is 0.131. The zero-order chi connectivity index (χ0) is 14.2. The van der Waals surface area contributed by atoms with E-state index < -0.39 is 0 Å². The highest BCUT2D eigenvalue weighted by atomic mass is 16.5. The Labute approximate surface area is 113 Å². The van der Waals surface area contributed by atoms with Crippen molar-refractivity contribution < 1.29 is 9.53 Å². The topological polar surface area (TPSA) is 57.2 Å². The maximum absolute atomic E-state index is 11.6. The number of hydrogen-bond donors (Lipinski definition) is 1. The van der Waals surface area contributed by atoms with Gasteiger partial charge in [-0.05, 0) is 23.8 Å². The molecule has 2 aromatic rings. The summed E-state index contributed by atoms with van der Waals surface area (Å²) < 4.78 is 6.83. The van der Waals surface area contributed by atoms with Crippen LogP contribution in [0.2, 0.25) is 0 Å². The summed E-state index contributed by atoms with van der Waals surface area (Å²) in [6.45, 7) is 4.76. The van der Waals surface area contributed by atoms with Gasteiger partial charge in [-0.25, -0.2) is 4.79 Å². The number of aryl methyl sites for hydroxylation is 1. The van der Waals surface area contributed by atoms with E-state index in [-0.39, 0.29) is 11.4 Å². The van der Waals surface area contributed by atoms with Crippen molar-refractivity contribution in [1.82, 2.24) is 4.57 Å². The molecule has 4 nitrogen and oxygen atoms in total. The zero-order valence-corrected chi connectivity index (χ0v) is 11.9. The average molecular weight is 260 g/mol. The summed E-state index contributed by atoms with van der Waals surface area (Å²) in [5.41, 5.74) is 8.53. The molecular formula is C15H20N2O2. The molecule has 0 aliphatic carbocycles. The molecule has 2 rings (SSSR count). The van der Waals surface area contributed by atoms with Crippen molar-refractivity contribution in [2.24, 2.45) is 12.8 Å². The first kappa shape index (κ1) is 13.6. The first-order valence-corrected chi connectivity index (χ1v) is 6.28. The number of ether oxygens (including phenoxy) is 1. The Kier molecular flexibility index (Phi) is 3.37. The number of nitrogens with zero attached hydrogens (tertiary/aromatic N) is 1. The maximum Gasteiger partial charge on any atom is 0.337 e. The van der Waals surface area contributed by atoms with Gasteiger partial charge in [-0.2, -0.15) is 0 Å². The summed E-state index contributed by atoms with van der Waals surface area (Å²) in [6.07, 6.45) is 2.08. The number of methoxy groups -OCH3 is 1. The van der Waals surface area contributed by atoms with Gasteiger partial charge in [-0.15, -0.1) is 0 Å². The van der Waals surface area contributed by atoms with Gasteiger partial charge in [0.05, 0.1) is 12.7 Å². The number of fused-ring (bicyclic) bond motifs is 1. The van der Waals surface area contributed by atoms with Crippen molar-refractivity contribution in [2.45, 2.75) is 19.3 Å². The van der Waals surface area contributed by atoms with Crippen LogP contribution in [0.15, 0.2) is 24.4 Å². The zero-order valence-electron chi connectivity index (χ0n) is 11.9. The van der Waals surface area contributed by atoms with Crippen molar-refractivity contribution in [3.63, 3.8) is 0 Å². The standard InChI is InChI=1S/C15H20N2O2/c1-15(2,9-16)12-8-17(3)13-6-5-10(7-11(12)13)14(18)19-4/h5-8H,9,16H2,1-4H3. The lowest BCUT2D eigenvalue weighted by molar-refractivity contribution is 0.0601. The van der Waals surface area contributed by atoms with Crippen molar-refractivity contribution in [3.8, 4) is 0 Å². The van der Waals surface area contributed by atoms with Crippen LogP contribution in [0, 0.1) is 0 Å². The molecule has 0 unspecified atom stereocenters. The first-order chi connectivity index (χ1) is 8.90. The van der Waals surface area contributed by atoms with Crippen molar-refractivity contribution in [2.75, 3.05) is 13.7 Å². The molecule has 0 aliphatic rings. The van der Waals surface area contributed by atoms with E-state index in [2.05, 4.69) is 24.6 Å². The monoisotopic (exact) mass is 260 g/mol. The van der Waals surface area contributed by atoms with Crippen LogP contribution >= 0.6 is 0 Å². The van der Waals surface area contributed by atoms with Gasteiger partial charge in [0.15, 0.2) is 0 Å². The quantitative estimate of drug-likeness (QED) is 0.861. The SMILES string of the molecule is COC(=O)c1ccc2c(c1)c(C(C)(C)CN)cn2C. The van der Waals surface area contributed by atoms with Crippen molar-refractivity contribution in [3.05, 3.63) is 35.5 Å². The van der Waals surface area contributed by atoms with Crippen LogP contribution < -0.4 is 5.73 Å². The van der Waals surface area contributed by atoms with Gasteiger partial charge in [0.25, 0.3) is 0 Å². The van der Waals surface area contributed by atoms with Crippen LogP contribution in [-0.4, -0.2) is 24.2 Å². The smallest absolute Gasteiger partial charge is 0.337 e. The third-order valence-electron chi connectivity index (χ3n) is 3.65. The molecule has 2 N–H and O–H groups in total. The Balaban J connectivity index is 2.69. The third kappa shape index (κ3) is 2.24. The molecule has 0 amide bonds. The summed E-state index contributed by atoms with van der Waals surface area (Å²) in [6, 6.07) is 5.61. The van der Waals surface area contributed by atoms with E-state index in [0.29, 0.717) is 12.1 Å². The minimum Gasteiger partial charge on any atom is -0.465 e. The van der Waals surface area contributed by atoms with Crippen molar-refractivity contribution in [1.29, 1.82) is 0 Å². The summed E-state index contributed by atoms with van der Waals surface area (Å²) in [4.78, 5) is 11.6. The summed E-state index contributed by atoms with van der Waals surface area (Å²) in [7, 11) is 3.39. The molecule has 0 spiro atoms. The third-order valence-corrected chi connectivity index (χ3v) is 3.65. The molecule has 0 atom stereocenters. The van der Waals surface area contributed by atoms with Gasteiger partial charge in [-0.1, -0.05) is 13.8 Å².